The fourth-order valence-electron chi connectivity index (χ4n) is 2.95. The number of pyridine rings is 1. The Morgan fingerprint density at radius 2 is 1.75 bits per heavy atom. The van der Waals surface area contributed by atoms with Gasteiger partial charge in [-0.2, -0.15) is 0 Å². The molecule has 24 heavy (non-hydrogen) atoms. The van der Waals surface area contributed by atoms with E-state index in [1.165, 1.54) is 11.1 Å². The van der Waals surface area contributed by atoms with Crippen molar-refractivity contribution >= 4 is 22.6 Å². The summed E-state index contributed by atoms with van der Waals surface area (Å²) in [4.78, 5) is 9.01. The fourth-order valence-corrected chi connectivity index (χ4v) is 3.16. The van der Waals surface area contributed by atoms with Crippen molar-refractivity contribution in [1.29, 1.82) is 0 Å². The standard InChI is InChI=1S/C20H16ClN3/c1-14-7-2-3-8-15(14)13-24-18-11-5-4-10-17(18)23-20(24)16-9-6-12-22-19(16)21/h2-12H,13H2,1H3. The second kappa shape index (κ2) is 6.10. The topological polar surface area (TPSA) is 30.7 Å². The molecule has 0 N–H and O–H groups in total. The van der Waals surface area contributed by atoms with Crippen molar-refractivity contribution in [2.45, 2.75) is 13.5 Å². The highest BCUT2D eigenvalue weighted by atomic mass is 35.5. The molecule has 0 radical (unpaired) electrons. The highest BCUT2D eigenvalue weighted by Gasteiger charge is 2.16. The maximum absolute atomic E-state index is 6.33. The Kier molecular flexibility index (Phi) is 3.79. The lowest BCUT2D eigenvalue weighted by Crippen LogP contribution is -2.04. The summed E-state index contributed by atoms with van der Waals surface area (Å²) in [7, 11) is 0. The molecule has 0 aliphatic rings. The molecule has 2 aromatic carbocycles. The van der Waals surface area contributed by atoms with Crippen LogP contribution >= 0.6 is 11.6 Å². The number of hydrogen-bond acceptors (Lipinski definition) is 2. The zero-order valence-electron chi connectivity index (χ0n) is 13.3. The molecule has 0 fully saturated rings. The van der Waals surface area contributed by atoms with E-state index in [4.69, 9.17) is 16.6 Å². The molecule has 4 rings (SSSR count). The Labute approximate surface area is 145 Å². The molecule has 4 heteroatoms. The smallest absolute Gasteiger partial charge is 0.144 e. The molecular weight excluding hydrogens is 318 g/mol. The Hall–Kier alpha value is -2.65. The third-order valence-electron chi connectivity index (χ3n) is 4.24. The van der Waals surface area contributed by atoms with Crippen LogP contribution in [-0.2, 0) is 6.54 Å². The predicted octanol–water partition coefficient (Wildman–Crippen LogP) is 5.11. The maximum atomic E-state index is 6.33. The van der Waals surface area contributed by atoms with Gasteiger partial charge in [0.2, 0.25) is 0 Å². The molecule has 0 aliphatic carbocycles. The zero-order valence-corrected chi connectivity index (χ0v) is 14.0. The predicted molar refractivity (Wildman–Crippen MR) is 98.3 cm³/mol. The number of aryl methyl sites for hydroxylation is 1. The molecule has 0 aliphatic heterocycles. The summed E-state index contributed by atoms with van der Waals surface area (Å²) in [5.41, 5.74) is 5.43. The van der Waals surface area contributed by atoms with Crippen LogP contribution < -0.4 is 0 Å². The summed E-state index contributed by atoms with van der Waals surface area (Å²) in [5, 5.41) is 0.471. The van der Waals surface area contributed by atoms with Crippen LogP contribution in [0.3, 0.4) is 0 Å². The molecule has 0 spiro atoms. The maximum Gasteiger partial charge on any atom is 0.144 e. The van der Waals surface area contributed by atoms with Crippen molar-refractivity contribution in [3.8, 4) is 11.4 Å². The van der Waals surface area contributed by atoms with Gasteiger partial charge in [0.25, 0.3) is 0 Å². The summed E-state index contributed by atoms with van der Waals surface area (Å²) < 4.78 is 2.21. The molecule has 3 nitrogen and oxygen atoms in total. The quantitative estimate of drug-likeness (QED) is 0.488. The van der Waals surface area contributed by atoms with E-state index in [1.807, 2.05) is 30.3 Å². The number of halogens is 1. The van der Waals surface area contributed by atoms with Crippen molar-refractivity contribution in [3.63, 3.8) is 0 Å². The van der Waals surface area contributed by atoms with E-state index in [0.29, 0.717) is 5.15 Å². The van der Waals surface area contributed by atoms with E-state index in [1.54, 1.807) is 6.20 Å². The van der Waals surface area contributed by atoms with Crippen molar-refractivity contribution in [1.82, 2.24) is 14.5 Å². The van der Waals surface area contributed by atoms with E-state index in [-0.39, 0.29) is 0 Å². The van der Waals surface area contributed by atoms with Crippen LogP contribution in [0.5, 0.6) is 0 Å². The first-order valence-electron chi connectivity index (χ1n) is 7.85. The van der Waals surface area contributed by atoms with Crippen LogP contribution in [0.2, 0.25) is 5.15 Å². The molecule has 2 aromatic heterocycles. The summed E-state index contributed by atoms with van der Waals surface area (Å²) >= 11 is 6.33. The van der Waals surface area contributed by atoms with Gasteiger partial charge in [0.1, 0.15) is 11.0 Å². The average Bonchev–Trinajstić information content (AvgIpc) is 2.96. The number of para-hydroxylation sites is 2. The van der Waals surface area contributed by atoms with Gasteiger partial charge in [-0.25, -0.2) is 9.97 Å². The third kappa shape index (κ3) is 2.57. The summed E-state index contributed by atoms with van der Waals surface area (Å²) in [6.45, 7) is 2.87. The number of hydrogen-bond donors (Lipinski definition) is 0. The highest BCUT2D eigenvalue weighted by Crippen LogP contribution is 2.29. The van der Waals surface area contributed by atoms with Gasteiger partial charge in [0, 0.05) is 12.7 Å². The van der Waals surface area contributed by atoms with Crippen molar-refractivity contribution < 1.29 is 0 Å². The molecule has 0 unspecified atom stereocenters. The number of aromatic nitrogens is 3. The minimum absolute atomic E-state index is 0.471. The van der Waals surface area contributed by atoms with Gasteiger partial charge in [0.05, 0.1) is 16.6 Å². The van der Waals surface area contributed by atoms with Gasteiger partial charge in [0.15, 0.2) is 0 Å². The minimum Gasteiger partial charge on any atom is -0.319 e. The second-order valence-corrected chi connectivity index (χ2v) is 6.14. The van der Waals surface area contributed by atoms with Crippen molar-refractivity contribution in [2.75, 3.05) is 0 Å². The lowest BCUT2D eigenvalue weighted by atomic mass is 10.1. The normalized spacial score (nSPS) is 11.1. The van der Waals surface area contributed by atoms with Crippen LogP contribution in [0.4, 0.5) is 0 Å². The molecule has 0 saturated heterocycles. The van der Waals surface area contributed by atoms with Crippen LogP contribution in [0, 0.1) is 6.92 Å². The zero-order chi connectivity index (χ0) is 16.5. The molecule has 118 valence electrons. The Balaban J connectivity index is 1.94. The van der Waals surface area contributed by atoms with Crippen LogP contribution in [0.1, 0.15) is 11.1 Å². The Morgan fingerprint density at radius 1 is 0.958 bits per heavy atom. The first-order valence-corrected chi connectivity index (χ1v) is 8.22. The summed E-state index contributed by atoms with van der Waals surface area (Å²) in [5.74, 6) is 0.845. The lowest BCUT2D eigenvalue weighted by molar-refractivity contribution is 0.827. The van der Waals surface area contributed by atoms with Crippen LogP contribution in [-0.4, -0.2) is 14.5 Å². The van der Waals surface area contributed by atoms with E-state index < -0.39 is 0 Å². The fraction of sp³-hybridized carbons (Fsp3) is 0.100. The number of benzene rings is 2. The van der Waals surface area contributed by atoms with Crippen LogP contribution in [0.25, 0.3) is 22.4 Å². The van der Waals surface area contributed by atoms with Crippen LogP contribution in [0.15, 0.2) is 66.9 Å². The highest BCUT2D eigenvalue weighted by molar-refractivity contribution is 6.32. The number of rotatable bonds is 3. The van der Waals surface area contributed by atoms with Gasteiger partial charge in [-0.15, -0.1) is 0 Å². The van der Waals surface area contributed by atoms with E-state index in [0.717, 1.165) is 29.0 Å². The Bertz CT molecular complexity index is 1020. The first-order chi connectivity index (χ1) is 11.7. The van der Waals surface area contributed by atoms with E-state index in [9.17, 15) is 0 Å². The minimum atomic E-state index is 0.471. The third-order valence-corrected chi connectivity index (χ3v) is 4.55. The SMILES string of the molecule is Cc1ccccc1Cn1c(-c2cccnc2Cl)nc2ccccc21. The number of imidazole rings is 1. The van der Waals surface area contributed by atoms with Gasteiger partial charge < -0.3 is 4.57 Å². The Morgan fingerprint density at radius 3 is 2.58 bits per heavy atom. The molecule has 0 atom stereocenters. The first kappa shape index (κ1) is 14.9. The molecule has 2 heterocycles. The van der Waals surface area contributed by atoms with Gasteiger partial charge >= 0.3 is 0 Å². The summed E-state index contributed by atoms with van der Waals surface area (Å²) in [6.07, 6.45) is 1.69. The van der Waals surface area contributed by atoms with Gasteiger partial charge in [-0.1, -0.05) is 48.0 Å². The van der Waals surface area contributed by atoms with Crippen molar-refractivity contribution in [2.24, 2.45) is 0 Å². The number of fused-ring (bicyclic) bond motifs is 1. The van der Waals surface area contributed by atoms with E-state index >= 15 is 0 Å². The number of nitrogens with zero attached hydrogens (tertiary/aromatic N) is 3. The van der Waals surface area contributed by atoms with Crippen molar-refractivity contribution in [3.05, 3.63) is 83.1 Å². The molecule has 0 amide bonds. The average molecular weight is 334 g/mol. The largest absolute Gasteiger partial charge is 0.319 e. The molecule has 0 bridgehead atoms. The van der Waals surface area contributed by atoms with E-state index in [2.05, 4.69) is 46.8 Å². The van der Waals surface area contributed by atoms with Gasteiger partial charge in [-0.3, -0.25) is 0 Å². The monoisotopic (exact) mass is 333 g/mol. The summed E-state index contributed by atoms with van der Waals surface area (Å²) in [6, 6.07) is 20.4. The molecular formula is C20H16ClN3. The lowest BCUT2D eigenvalue weighted by Gasteiger charge is -2.12. The molecule has 0 saturated carbocycles. The molecule has 4 aromatic rings. The second-order valence-electron chi connectivity index (χ2n) is 5.78. The van der Waals surface area contributed by atoms with Gasteiger partial charge in [-0.05, 0) is 42.3 Å².